The van der Waals surface area contributed by atoms with E-state index >= 15 is 0 Å². The zero-order chi connectivity index (χ0) is 20.1. The van der Waals surface area contributed by atoms with Gasteiger partial charge in [0.15, 0.2) is 17.5 Å². The van der Waals surface area contributed by atoms with Gasteiger partial charge in [0, 0.05) is 6.92 Å². The molecular weight excluding hydrogens is 361 g/mol. The summed E-state index contributed by atoms with van der Waals surface area (Å²) in [5.41, 5.74) is -0.159. The average Bonchev–Trinajstić information content (AvgIpc) is 2.60. The van der Waals surface area contributed by atoms with Gasteiger partial charge in [-0.1, -0.05) is 12.1 Å². The molecule has 8 heteroatoms. The van der Waals surface area contributed by atoms with Gasteiger partial charge in [-0.15, -0.1) is 0 Å². The van der Waals surface area contributed by atoms with E-state index in [-0.39, 0.29) is 6.10 Å². The van der Waals surface area contributed by atoms with Crippen LogP contribution >= 0.6 is 0 Å². The van der Waals surface area contributed by atoms with Crippen molar-refractivity contribution in [3.05, 3.63) is 53.8 Å². The summed E-state index contributed by atoms with van der Waals surface area (Å²) in [5.74, 6) is -5.40. The van der Waals surface area contributed by atoms with Crippen LogP contribution in [0.25, 0.3) is 0 Å². The number of benzene rings is 2. The number of amides is 2. The fourth-order valence-electron chi connectivity index (χ4n) is 2.36. The van der Waals surface area contributed by atoms with Crippen LogP contribution in [0.3, 0.4) is 0 Å². The van der Waals surface area contributed by atoms with Crippen molar-refractivity contribution in [2.24, 2.45) is 0 Å². The second-order valence-electron chi connectivity index (χ2n) is 6.01. The molecule has 0 aliphatic carbocycles. The summed E-state index contributed by atoms with van der Waals surface area (Å²) in [4.78, 5) is 25.4. The Bertz CT molecular complexity index is 856. The third-order valence-corrected chi connectivity index (χ3v) is 3.51. The van der Waals surface area contributed by atoms with Crippen LogP contribution in [-0.2, 0) is 9.59 Å². The van der Waals surface area contributed by atoms with Crippen LogP contribution in [-0.4, -0.2) is 24.5 Å². The fraction of sp³-hybridized carbons (Fsp3) is 0.263. The van der Waals surface area contributed by atoms with Crippen molar-refractivity contribution in [3.8, 4) is 5.75 Å². The van der Waals surface area contributed by atoms with Crippen molar-refractivity contribution in [3.63, 3.8) is 0 Å². The molecule has 0 aliphatic heterocycles. The van der Waals surface area contributed by atoms with E-state index in [0.29, 0.717) is 17.5 Å². The first-order valence-corrected chi connectivity index (χ1v) is 8.17. The summed E-state index contributed by atoms with van der Waals surface area (Å²) >= 11 is 0. The second-order valence-corrected chi connectivity index (χ2v) is 6.01. The van der Waals surface area contributed by atoms with Crippen LogP contribution < -0.4 is 15.0 Å². The minimum absolute atomic E-state index is 0.162. The fourth-order valence-corrected chi connectivity index (χ4v) is 2.36. The Labute approximate surface area is 154 Å². The predicted molar refractivity (Wildman–Crippen MR) is 95.2 cm³/mol. The van der Waals surface area contributed by atoms with Gasteiger partial charge in [-0.3, -0.25) is 14.5 Å². The topological polar surface area (TPSA) is 58.6 Å². The van der Waals surface area contributed by atoms with Crippen LogP contribution in [0.2, 0.25) is 0 Å². The molecule has 27 heavy (non-hydrogen) atoms. The maximum Gasteiger partial charge on any atom is 0.244 e. The highest BCUT2D eigenvalue weighted by Crippen LogP contribution is 2.29. The summed E-state index contributed by atoms with van der Waals surface area (Å²) in [6.45, 7) is 4.42. The van der Waals surface area contributed by atoms with Crippen molar-refractivity contribution >= 4 is 23.2 Å². The predicted octanol–water partition coefficient (Wildman–Crippen LogP) is 3.88. The first kappa shape index (κ1) is 20.3. The first-order chi connectivity index (χ1) is 12.7. The Hall–Kier alpha value is -3.03. The summed E-state index contributed by atoms with van der Waals surface area (Å²) in [5, 5.41) is 2.14. The highest BCUT2D eigenvalue weighted by Gasteiger charge is 2.21. The monoisotopic (exact) mass is 380 g/mol. The number of nitrogens with zero attached hydrogens (tertiary/aromatic N) is 1. The Morgan fingerprint density at radius 3 is 2.37 bits per heavy atom. The summed E-state index contributed by atoms with van der Waals surface area (Å²) < 4.78 is 45.6. The number of anilines is 2. The van der Waals surface area contributed by atoms with E-state index < -0.39 is 41.5 Å². The number of halogens is 3. The molecule has 144 valence electrons. The second kappa shape index (κ2) is 8.57. The van der Waals surface area contributed by atoms with Crippen LogP contribution in [0.1, 0.15) is 20.8 Å². The summed E-state index contributed by atoms with van der Waals surface area (Å²) in [6, 6.07) is 8.24. The van der Waals surface area contributed by atoms with Gasteiger partial charge in [-0.2, -0.15) is 0 Å². The largest absolute Gasteiger partial charge is 0.489 e. The minimum Gasteiger partial charge on any atom is -0.489 e. The van der Waals surface area contributed by atoms with Crippen molar-refractivity contribution < 1.29 is 27.5 Å². The van der Waals surface area contributed by atoms with E-state index in [9.17, 15) is 22.8 Å². The molecule has 0 aromatic heterocycles. The SMILES string of the molecule is CC(=O)N(CC(=O)Nc1ccc(F)c(F)c1F)c1ccccc1OC(C)C. The minimum atomic E-state index is -1.69. The molecular formula is C19H19F3N2O3. The molecule has 0 heterocycles. The van der Waals surface area contributed by atoms with Gasteiger partial charge in [0.05, 0.1) is 17.5 Å². The van der Waals surface area contributed by atoms with E-state index in [1.54, 1.807) is 24.3 Å². The molecule has 0 fully saturated rings. The Kier molecular flexibility index (Phi) is 6.44. The third-order valence-electron chi connectivity index (χ3n) is 3.51. The number of hydrogen-bond acceptors (Lipinski definition) is 3. The van der Waals surface area contributed by atoms with Gasteiger partial charge >= 0.3 is 0 Å². The van der Waals surface area contributed by atoms with Gasteiger partial charge in [-0.25, -0.2) is 13.2 Å². The molecule has 0 saturated heterocycles. The van der Waals surface area contributed by atoms with Crippen molar-refractivity contribution in [2.75, 3.05) is 16.8 Å². The lowest BCUT2D eigenvalue weighted by Crippen LogP contribution is -2.37. The lowest BCUT2D eigenvalue weighted by atomic mass is 10.2. The van der Waals surface area contributed by atoms with Crippen LogP contribution in [0.5, 0.6) is 5.75 Å². The van der Waals surface area contributed by atoms with E-state index in [0.717, 1.165) is 11.0 Å². The maximum atomic E-state index is 13.7. The number of ether oxygens (including phenoxy) is 1. The molecule has 0 atom stereocenters. The molecule has 5 nitrogen and oxygen atoms in total. The van der Waals surface area contributed by atoms with Crippen molar-refractivity contribution in [2.45, 2.75) is 26.9 Å². The number of carbonyl (C=O) groups is 2. The van der Waals surface area contributed by atoms with Crippen LogP contribution in [0.15, 0.2) is 36.4 Å². The third kappa shape index (κ3) is 4.99. The Morgan fingerprint density at radius 2 is 1.74 bits per heavy atom. The van der Waals surface area contributed by atoms with Crippen molar-refractivity contribution in [1.29, 1.82) is 0 Å². The zero-order valence-electron chi connectivity index (χ0n) is 15.1. The van der Waals surface area contributed by atoms with Crippen molar-refractivity contribution in [1.82, 2.24) is 0 Å². The zero-order valence-corrected chi connectivity index (χ0v) is 15.1. The first-order valence-electron chi connectivity index (χ1n) is 8.17. The Morgan fingerprint density at radius 1 is 1.07 bits per heavy atom. The maximum absolute atomic E-state index is 13.7. The van der Waals surface area contributed by atoms with Gasteiger partial charge in [0.2, 0.25) is 11.8 Å². The molecule has 0 saturated carbocycles. The highest BCUT2D eigenvalue weighted by atomic mass is 19.2. The number of carbonyl (C=O) groups excluding carboxylic acids is 2. The van der Waals surface area contributed by atoms with Crippen LogP contribution in [0.4, 0.5) is 24.5 Å². The van der Waals surface area contributed by atoms with Gasteiger partial charge in [0.25, 0.3) is 0 Å². The van der Waals surface area contributed by atoms with Gasteiger partial charge in [-0.05, 0) is 38.1 Å². The van der Waals surface area contributed by atoms with E-state index in [1.807, 2.05) is 13.8 Å². The molecule has 0 unspecified atom stereocenters. The Balaban J connectivity index is 2.24. The smallest absolute Gasteiger partial charge is 0.244 e. The molecule has 0 radical (unpaired) electrons. The van der Waals surface area contributed by atoms with E-state index in [2.05, 4.69) is 5.32 Å². The van der Waals surface area contributed by atoms with E-state index in [4.69, 9.17) is 4.74 Å². The van der Waals surface area contributed by atoms with E-state index in [1.165, 1.54) is 6.92 Å². The number of nitrogens with one attached hydrogen (secondary N) is 1. The normalized spacial score (nSPS) is 10.6. The standard InChI is InChI=1S/C19H19F3N2O3/c1-11(2)27-16-7-5-4-6-15(16)24(12(3)25)10-17(26)23-14-9-8-13(20)18(21)19(14)22/h4-9,11H,10H2,1-3H3,(H,23,26). The molecule has 0 spiro atoms. The molecule has 2 aromatic carbocycles. The molecule has 2 aromatic rings. The van der Waals surface area contributed by atoms with Gasteiger partial charge in [0.1, 0.15) is 12.3 Å². The molecule has 0 aliphatic rings. The summed E-state index contributed by atoms with van der Waals surface area (Å²) in [6.07, 6.45) is -0.162. The molecule has 0 bridgehead atoms. The quantitative estimate of drug-likeness (QED) is 0.774. The summed E-state index contributed by atoms with van der Waals surface area (Å²) in [7, 11) is 0. The van der Waals surface area contributed by atoms with Crippen LogP contribution in [0, 0.1) is 17.5 Å². The molecule has 2 rings (SSSR count). The molecule has 2 amide bonds. The average molecular weight is 380 g/mol. The number of hydrogen-bond donors (Lipinski definition) is 1. The lowest BCUT2D eigenvalue weighted by Gasteiger charge is -2.24. The van der Waals surface area contributed by atoms with Gasteiger partial charge < -0.3 is 10.1 Å². The molecule has 1 N–H and O–H groups in total. The number of para-hydroxylation sites is 2. The number of rotatable bonds is 6. The highest BCUT2D eigenvalue weighted by molar-refractivity contribution is 6.02. The lowest BCUT2D eigenvalue weighted by molar-refractivity contribution is -0.120.